The number of ether oxygens (including phenoxy) is 1. The van der Waals surface area contributed by atoms with E-state index in [0.29, 0.717) is 21.9 Å². The van der Waals surface area contributed by atoms with Crippen LogP contribution in [-0.4, -0.2) is 28.2 Å². The van der Waals surface area contributed by atoms with E-state index in [1.54, 1.807) is 25.5 Å². The molecule has 0 aliphatic heterocycles. The zero-order valence-electron chi connectivity index (χ0n) is 12.2. The van der Waals surface area contributed by atoms with Crippen molar-refractivity contribution >= 4 is 18.4 Å². The van der Waals surface area contributed by atoms with Crippen LogP contribution in [0.1, 0.15) is 5.56 Å². The third-order valence-corrected chi connectivity index (χ3v) is 3.47. The Morgan fingerprint density at radius 3 is 2.70 bits per heavy atom. The number of hydrogen-bond donors (Lipinski definition) is 1. The largest absolute Gasteiger partial charge is 0.496 e. The Balaban J connectivity index is 2.01. The van der Waals surface area contributed by atoms with Crippen molar-refractivity contribution in [3.8, 4) is 17.1 Å². The average Bonchev–Trinajstić information content (AvgIpc) is 2.94. The van der Waals surface area contributed by atoms with Crippen LogP contribution in [0.4, 0.5) is 4.39 Å². The second-order valence-corrected chi connectivity index (χ2v) is 5.04. The SMILES string of the molecule is COc1ccccc1C=Nn1c(-c2ccc(F)cc2)n[nH]c1=S. The van der Waals surface area contributed by atoms with Gasteiger partial charge in [0.2, 0.25) is 4.77 Å². The van der Waals surface area contributed by atoms with Gasteiger partial charge in [0.1, 0.15) is 11.6 Å². The third-order valence-electron chi connectivity index (χ3n) is 3.20. The molecular weight excluding hydrogens is 315 g/mol. The monoisotopic (exact) mass is 328 g/mol. The van der Waals surface area contributed by atoms with Gasteiger partial charge in [0.15, 0.2) is 5.82 Å². The van der Waals surface area contributed by atoms with Crippen molar-refractivity contribution in [1.29, 1.82) is 0 Å². The van der Waals surface area contributed by atoms with Crippen molar-refractivity contribution in [2.24, 2.45) is 5.10 Å². The lowest BCUT2D eigenvalue weighted by Crippen LogP contribution is -1.96. The molecular formula is C16H13FN4OS. The molecule has 0 bridgehead atoms. The van der Waals surface area contributed by atoms with Gasteiger partial charge in [0.25, 0.3) is 0 Å². The molecule has 23 heavy (non-hydrogen) atoms. The maximum absolute atomic E-state index is 13.1. The molecule has 0 fully saturated rings. The van der Waals surface area contributed by atoms with Gasteiger partial charge >= 0.3 is 0 Å². The lowest BCUT2D eigenvalue weighted by Gasteiger charge is -2.04. The number of halogens is 1. The molecule has 0 atom stereocenters. The molecule has 7 heteroatoms. The van der Waals surface area contributed by atoms with E-state index in [4.69, 9.17) is 17.0 Å². The number of nitrogens with zero attached hydrogens (tertiary/aromatic N) is 3. The fourth-order valence-corrected chi connectivity index (χ4v) is 2.26. The van der Waals surface area contributed by atoms with E-state index in [0.717, 1.165) is 5.56 Å². The minimum Gasteiger partial charge on any atom is -0.496 e. The topological polar surface area (TPSA) is 55.2 Å². The molecule has 0 radical (unpaired) electrons. The first-order chi connectivity index (χ1) is 11.2. The number of hydrogen-bond acceptors (Lipinski definition) is 4. The quantitative estimate of drug-likeness (QED) is 0.588. The van der Waals surface area contributed by atoms with Crippen molar-refractivity contribution in [3.05, 3.63) is 64.7 Å². The maximum atomic E-state index is 13.1. The number of H-pyrrole nitrogens is 1. The summed E-state index contributed by atoms with van der Waals surface area (Å²) in [6.07, 6.45) is 1.64. The number of nitrogens with one attached hydrogen (secondary N) is 1. The molecule has 0 aliphatic carbocycles. The van der Waals surface area contributed by atoms with E-state index in [9.17, 15) is 4.39 Å². The molecule has 5 nitrogen and oxygen atoms in total. The van der Waals surface area contributed by atoms with Crippen LogP contribution in [0, 0.1) is 10.6 Å². The minimum absolute atomic E-state index is 0.313. The first kappa shape index (κ1) is 15.1. The summed E-state index contributed by atoms with van der Waals surface area (Å²) < 4.78 is 20.2. The number of aromatic amines is 1. The zero-order chi connectivity index (χ0) is 16.2. The van der Waals surface area contributed by atoms with Crippen molar-refractivity contribution in [2.75, 3.05) is 7.11 Å². The molecule has 116 valence electrons. The highest BCUT2D eigenvalue weighted by molar-refractivity contribution is 7.71. The number of para-hydroxylation sites is 1. The highest BCUT2D eigenvalue weighted by atomic mass is 32.1. The van der Waals surface area contributed by atoms with Crippen LogP contribution in [0.3, 0.4) is 0 Å². The normalized spacial score (nSPS) is 11.0. The molecule has 0 aliphatic rings. The zero-order valence-corrected chi connectivity index (χ0v) is 13.0. The van der Waals surface area contributed by atoms with Gasteiger partial charge in [-0.15, -0.1) is 0 Å². The molecule has 3 rings (SSSR count). The molecule has 1 heterocycles. The van der Waals surface area contributed by atoms with Gasteiger partial charge < -0.3 is 4.74 Å². The molecule has 3 aromatic rings. The summed E-state index contributed by atoms with van der Waals surface area (Å²) in [4.78, 5) is 0. The number of rotatable bonds is 4. The molecule has 0 unspecified atom stereocenters. The van der Waals surface area contributed by atoms with E-state index in [2.05, 4.69) is 15.3 Å². The highest BCUT2D eigenvalue weighted by Crippen LogP contribution is 2.19. The summed E-state index contributed by atoms with van der Waals surface area (Å²) in [5, 5.41) is 11.2. The van der Waals surface area contributed by atoms with Gasteiger partial charge in [-0.25, -0.2) is 9.49 Å². The van der Waals surface area contributed by atoms with Gasteiger partial charge in [-0.2, -0.15) is 14.9 Å². The summed E-state index contributed by atoms with van der Waals surface area (Å²) in [6.45, 7) is 0. The third kappa shape index (κ3) is 3.19. The molecule has 0 saturated heterocycles. The van der Waals surface area contributed by atoms with Crippen LogP contribution in [-0.2, 0) is 0 Å². The predicted molar refractivity (Wildman–Crippen MR) is 88.8 cm³/mol. The van der Waals surface area contributed by atoms with Crippen molar-refractivity contribution in [2.45, 2.75) is 0 Å². The Kier molecular flexibility index (Phi) is 4.29. The maximum Gasteiger partial charge on any atom is 0.216 e. The van der Waals surface area contributed by atoms with Crippen molar-refractivity contribution < 1.29 is 9.13 Å². The van der Waals surface area contributed by atoms with Crippen LogP contribution in [0.25, 0.3) is 11.4 Å². The lowest BCUT2D eigenvalue weighted by atomic mass is 10.2. The second kappa shape index (κ2) is 6.53. The standard InChI is InChI=1S/C16H13FN4OS/c1-22-14-5-3-2-4-12(14)10-18-21-15(19-20-16(21)23)11-6-8-13(17)9-7-11/h2-10H,1H3,(H,20,23). The molecule has 0 spiro atoms. The summed E-state index contributed by atoms with van der Waals surface area (Å²) in [7, 11) is 1.60. The van der Waals surface area contributed by atoms with Gasteiger partial charge in [0, 0.05) is 11.1 Å². The fraction of sp³-hybridized carbons (Fsp3) is 0.0625. The van der Waals surface area contributed by atoms with E-state index in [1.165, 1.54) is 16.8 Å². The summed E-state index contributed by atoms with van der Waals surface area (Å²) in [5.41, 5.74) is 1.51. The van der Waals surface area contributed by atoms with Crippen LogP contribution in [0.5, 0.6) is 5.75 Å². The Hall–Kier alpha value is -2.80. The van der Waals surface area contributed by atoms with Gasteiger partial charge in [-0.1, -0.05) is 12.1 Å². The Morgan fingerprint density at radius 2 is 1.96 bits per heavy atom. The molecule has 0 amide bonds. The lowest BCUT2D eigenvalue weighted by molar-refractivity contribution is 0.414. The smallest absolute Gasteiger partial charge is 0.216 e. The van der Waals surface area contributed by atoms with E-state index < -0.39 is 0 Å². The van der Waals surface area contributed by atoms with Gasteiger partial charge in [0.05, 0.1) is 13.3 Å². The molecule has 2 aromatic carbocycles. The summed E-state index contributed by atoms with van der Waals surface area (Å²) >= 11 is 5.20. The summed E-state index contributed by atoms with van der Waals surface area (Å²) in [6, 6.07) is 13.5. The number of methoxy groups -OCH3 is 1. The predicted octanol–water partition coefficient (Wildman–Crippen LogP) is 3.64. The van der Waals surface area contributed by atoms with Gasteiger partial charge in [-0.05, 0) is 48.6 Å². The van der Waals surface area contributed by atoms with Crippen LogP contribution in [0.15, 0.2) is 53.6 Å². The Labute approximate surface area is 137 Å². The second-order valence-electron chi connectivity index (χ2n) is 4.66. The van der Waals surface area contributed by atoms with Crippen LogP contribution < -0.4 is 4.74 Å². The first-order valence-electron chi connectivity index (χ1n) is 6.80. The Morgan fingerprint density at radius 1 is 1.22 bits per heavy atom. The molecule has 0 saturated carbocycles. The van der Waals surface area contributed by atoms with Gasteiger partial charge in [-0.3, -0.25) is 0 Å². The Bertz CT molecular complexity index is 899. The summed E-state index contributed by atoms with van der Waals surface area (Å²) in [5.74, 6) is 0.891. The van der Waals surface area contributed by atoms with Crippen molar-refractivity contribution in [3.63, 3.8) is 0 Å². The van der Waals surface area contributed by atoms with E-state index in [-0.39, 0.29) is 5.82 Å². The number of benzene rings is 2. The van der Waals surface area contributed by atoms with E-state index >= 15 is 0 Å². The number of aromatic nitrogens is 3. The first-order valence-corrected chi connectivity index (χ1v) is 7.20. The molecule has 1 aromatic heterocycles. The van der Waals surface area contributed by atoms with E-state index in [1.807, 2.05) is 24.3 Å². The highest BCUT2D eigenvalue weighted by Gasteiger charge is 2.08. The van der Waals surface area contributed by atoms with Crippen LogP contribution >= 0.6 is 12.2 Å². The average molecular weight is 328 g/mol. The fourth-order valence-electron chi connectivity index (χ4n) is 2.08. The molecule has 1 N–H and O–H groups in total. The van der Waals surface area contributed by atoms with Crippen molar-refractivity contribution in [1.82, 2.24) is 14.9 Å². The van der Waals surface area contributed by atoms with Crippen LogP contribution in [0.2, 0.25) is 0 Å². The minimum atomic E-state index is -0.313.